The van der Waals surface area contributed by atoms with Crippen LogP contribution in [0.15, 0.2) is 48.5 Å². The van der Waals surface area contributed by atoms with Crippen molar-refractivity contribution in [1.29, 1.82) is 0 Å². The van der Waals surface area contributed by atoms with Crippen molar-refractivity contribution in [3.63, 3.8) is 0 Å². The minimum Gasteiger partial charge on any atom is -0.490 e. The molecular formula is C21H29ClN2O3. The number of ether oxygens (including phenoxy) is 2. The van der Waals surface area contributed by atoms with Crippen molar-refractivity contribution in [3.8, 4) is 5.75 Å². The van der Waals surface area contributed by atoms with Gasteiger partial charge in [-0.2, -0.15) is 0 Å². The molecule has 5 nitrogen and oxygen atoms in total. The van der Waals surface area contributed by atoms with E-state index in [9.17, 15) is 4.79 Å². The predicted octanol–water partition coefficient (Wildman–Crippen LogP) is 3.69. The molecule has 1 unspecified atom stereocenters. The number of nitrogens with two attached hydrogens (primary N) is 1. The van der Waals surface area contributed by atoms with Crippen molar-refractivity contribution in [2.75, 3.05) is 26.9 Å². The number of hydrogen-bond acceptors (Lipinski definition) is 4. The third-order valence-electron chi connectivity index (χ3n) is 4.19. The number of rotatable bonds is 9. The second kappa shape index (κ2) is 11.6. The first-order chi connectivity index (χ1) is 12.5. The summed E-state index contributed by atoms with van der Waals surface area (Å²) >= 11 is 0. The summed E-state index contributed by atoms with van der Waals surface area (Å²) < 4.78 is 10.6. The standard InChI is InChI=1S/C21H28N2O3.ClH/c1-15(2)16-8-10-17(11-9-16)19(22)14-23-21(24)18-6-4-5-7-20(18)26-13-12-25-3;/h4-11,15,19H,12-14,22H2,1-3H3,(H,23,24);1H. The fraction of sp³-hybridized carbons (Fsp3) is 0.381. The van der Waals surface area contributed by atoms with Gasteiger partial charge >= 0.3 is 0 Å². The lowest BCUT2D eigenvalue weighted by molar-refractivity contribution is 0.0943. The van der Waals surface area contributed by atoms with E-state index < -0.39 is 0 Å². The Balaban J connectivity index is 0.00000364. The van der Waals surface area contributed by atoms with Crippen molar-refractivity contribution < 1.29 is 14.3 Å². The summed E-state index contributed by atoms with van der Waals surface area (Å²) in [6.45, 7) is 5.52. The van der Waals surface area contributed by atoms with Crippen LogP contribution in [0.5, 0.6) is 5.75 Å². The number of carbonyl (C=O) groups is 1. The van der Waals surface area contributed by atoms with E-state index in [0.29, 0.717) is 37.0 Å². The molecule has 0 spiro atoms. The second-order valence-electron chi connectivity index (χ2n) is 6.48. The zero-order valence-corrected chi connectivity index (χ0v) is 16.9. The zero-order chi connectivity index (χ0) is 18.9. The van der Waals surface area contributed by atoms with Crippen LogP contribution in [0.25, 0.3) is 0 Å². The molecule has 0 aliphatic rings. The molecule has 0 aliphatic carbocycles. The highest BCUT2D eigenvalue weighted by molar-refractivity contribution is 5.96. The van der Waals surface area contributed by atoms with Gasteiger partial charge in [0.15, 0.2) is 0 Å². The van der Waals surface area contributed by atoms with Crippen LogP contribution < -0.4 is 15.8 Å². The molecule has 0 aliphatic heterocycles. The first-order valence-corrected chi connectivity index (χ1v) is 8.87. The Morgan fingerprint density at radius 3 is 2.30 bits per heavy atom. The van der Waals surface area contributed by atoms with Crippen molar-refractivity contribution in [3.05, 3.63) is 65.2 Å². The summed E-state index contributed by atoms with van der Waals surface area (Å²) in [5.74, 6) is 0.818. The molecule has 0 fully saturated rings. The van der Waals surface area contributed by atoms with Crippen LogP contribution in [-0.4, -0.2) is 32.8 Å². The van der Waals surface area contributed by atoms with Gasteiger partial charge in [0.2, 0.25) is 0 Å². The third-order valence-corrected chi connectivity index (χ3v) is 4.19. The molecule has 0 aromatic heterocycles. The van der Waals surface area contributed by atoms with E-state index >= 15 is 0 Å². The Hall–Kier alpha value is -2.08. The normalized spacial score (nSPS) is 11.6. The molecule has 2 rings (SSSR count). The van der Waals surface area contributed by atoms with Crippen LogP contribution in [0, 0.1) is 0 Å². The van der Waals surface area contributed by atoms with Crippen LogP contribution in [0.2, 0.25) is 0 Å². The monoisotopic (exact) mass is 392 g/mol. The number of methoxy groups -OCH3 is 1. The predicted molar refractivity (Wildman–Crippen MR) is 111 cm³/mol. The Labute approximate surface area is 167 Å². The van der Waals surface area contributed by atoms with E-state index in [1.165, 1.54) is 5.56 Å². The molecule has 148 valence electrons. The maximum Gasteiger partial charge on any atom is 0.255 e. The van der Waals surface area contributed by atoms with Gasteiger partial charge in [0, 0.05) is 19.7 Å². The molecule has 27 heavy (non-hydrogen) atoms. The van der Waals surface area contributed by atoms with Gasteiger partial charge in [-0.1, -0.05) is 50.2 Å². The van der Waals surface area contributed by atoms with E-state index in [1.54, 1.807) is 19.2 Å². The summed E-state index contributed by atoms with van der Waals surface area (Å²) in [5.41, 5.74) is 8.98. The Kier molecular flexibility index (Phi) is 9.86. The van der Waals surface area contributed by atoms with Crippen LogP contribution in [-0.2, 0) is 4.74 Å². The van der Waals surface area contributed by atoms with Crippen LogP contribution in [0.1, 0.15) is 47.3 Å². The van der Waals surface area contributed by atoms with Crippen LogP contribution in [0.4, 0.5) is 0 Å². The number of hydrogen-bond donors (Lipinski definition) is 2. The second-order valence-corrected chi connectivity index (χ2v) is 6.48. The Morgan fingerprint density at radius 1 is 1.04 bits per heavy atom. The largest absolute Gasteiger partial charge is 0.490 e. The van der Waals surface area contributed by atoms with Crippen molar-refractivity contribution >= 4 is 18.3 Å². The van der Waals surface area contributed by atoms with Gasteiger partial charge in [-0.05, 0) is 29.2 Å². The molecule has 0 saturated carbocycles. The lowest BCUT2D eigenvalue weighted by atomic mass is 9.99. The lowest BCUT2D eigenvalue weighted by Gasteiger charge is -2.16. The van der Waals surface area contributed by atoms with Gasteiger partial charge in [-0.25, -0.2) is 0 Å². The quantitative estimate of drug-likeness (QED) is 0.638. The minimum absolute atomic E-state index is 0. The lowest BCUT2D eigenvalue weighted by Crippen LogP contribution is -2.32. The average molecular weight is 393 g/mol. The van der Waals surface area contributed by atoms with Gasteiger partial charge in [-0.3, -0.25) is 4.79 Å². The fourth-order valence-electron chi connectivity index (χ4n) is 2.56. The molecule has 3 N–H and O–H groups in total. The molecule has 0 saturated heterocycles. The Bertz CT molecular complexity index is 705. The third kappa shape index (κ3) is 6.86. The molecule has 0 heterocycles. The number of nitrogens with one attached hydrogen (secondary N) is 1. The van der Waals surface area contributed by atoms with E-state index in [4.69, 9.17) is 15.2 Å². The summed E-state index contributed by atoms with van der Waals surface area (Å²) in [4.78, 5) is 12.5. The van der Waals surface area contributed by atoms with E-state index in [1.807, 2.05) is 24.3 Å². The van der Waals surface area contributed by atoms with Crippen molar-refractivity contribution in [1.82, 2.24) is 5.32 Å². The molecule has 6 heteroatoms. The minimum atomic E-state index is -0.262. The molecule has 1 atom stereocenters. The van der Waals surface area contributed by atoms with Gasteiger partial charge < -0.3 is 20.5 Å². The van der Waals surface area contributed by atoms with E-state index in [2.05, 4.69) is 31.3 Å². The Morgan fingerprint density at radius 2 is 1.67 bits per heavy atom. The molecule has 0 bridgehead atoms. The number of carbonyl (C=O) groups excluding carboxylic acids is 1. The highest BCUT2D eigenvalue weighted by atomic mass is 35.5. The van der Waals surface area contributed by atoms with Crippen LogP contribution in [0.3, 0.4) is 0 Å². The zero-order valence-electron chi connectivity index (χ0n) is 16.1. The SMILES string of the molecule is COCCOc1ccccc1C(=O)NCC(N)c1ccc(C(C)C)cc1.Cl. The highest BCUT2D eigenvalue weighted by Crippen LogP contribution is 2.19. The number of amides is 1. The van der Waals surface area contributed by atoms with Gasteiger partial charge in [0.05, 0.1) is 12.2 Å². The molecule has 2 aromatic rings. The van der Waals surface area contributed by atoms with Crippen molar-refractivity contribution in [2.24, 2.45) is 5.73 Å². The smallest absolute Gasteiger partial charge is 0.255 e. The molecular weight excluding hydrogens is 364 g/mol. The number of benzene rings is 2. The highest BCUT2D eigenvalue weighted by Gasteiger charge is 2.14. The maximum absolute atomic E-state index is 12.5. The van der Waals surface area contributed by atoms with E-state index in [0.717, 1.165) is 5.56 Å². The van der Waals surface area contributed by atoms with Crippen molar-refractivity contribution in [2.45, 2.75) is 25.8 Å². The van der Waals surface area contributed by atoms with Gasteiger partial charge in [-0.15, -0.1) is 12.4 Å². The van der Waals surface area contributed by atoms with Gasteiger partial charge in [0.1, 0.15) is 12.4 Å². The molecule has 2 aromatic carbocycles. The topological polar surface area (TPSA) is 73.6 Å². The molecule has 1 amide bonds. The van der Waals surface area contributed by atoms with Gasteiger partial charge in [0.25, 0.3) is 5.91 Å². The number of para-hydroxylation sites is 1. The number of halogens is 1. The summed E-state index contributed by atoms with van der Waals surface area (Å²) in [6, 6.07) is 15.1. The molecule has 0 radical (unpaired) electrons. The first-order valence-electron chi connectivity index (χ1n) is 8.87. The maximum atomic E-state index is 12.5. The fourth-order valence-corrected chi connectivity index (χ4v) is 2.56. The summed E-state index contributed by atoms with van der Waals surface area (Å²) in [5, 5.41) is 2.89. The van der Waals surface area contributed by atoms with Crippen LogP contribution >= 0.6 is 12.4 Å². The first kappa shape index (κ1) is 23.0. The average Bonchev–Trinajstić information content (AvgIpc) is 2.66. The summed E-state index contributed by atoms with van der Waals surface area (Å²) in [6.07, 6.45) is 0. The van der Waals surface area contributed by atoms with E-state index in [-0.39, 0.29) is 24.4 Å². The summed E-state index contributed by atoms with van der Waals surface area (Å²) in [7, 11) is 1.61.